The molecule has 1 heterocycles. The van der Waals surface area contributed by atoms with Gasteiger partial charge in [0.25, 0.3) is 0 Å². The number of rotatable bonds is 2. The van der Waals surface area contributed by atoms with Crippen molar-refractivity contribution in [3.8, 4) is 0 Å². The third-order valence-corrected chi connectivity index (χ3v) is 4.63. The van der Waals surface area contributed by atoms with Crippen molar-refractivity contribution in [3.63, 3.8) is 0 Å². The van der Waals surface area contributed by atoms with Crippen LogP contribution in [0.2, 0.25) is 0 Å². The van der Waals surface area contributed by atoms with E-state index in [0.717, 1.165) is 17.2 Å². The van der Waals surface area contributed by atoms with Crippen molar-refractivity contribution in [2.24, 2.45) is 0 Å². The van der Waals surface area contributed by atoms with E-state index >= 15 is 0 Å². The van der Waals surface area contributed by atoms with Crippen LogP contribution in [0.25, 0.3) is 0 Å². The lowest BCUT2D eigenvalue weighted by Gasteiger charge is -2.25. The van der Waals surface area contributed by atoms with Crippen LogP contribution in [0.3, 0.4) is 0 Å². The average Bonchev–Trinajstić information content (AvgIpc) is 2.61. The van der Waals surface area contributed by atoms with Crippen LogP contribution >= 0.6 is 23.1 Å². The molecule has 1 aromatic rings. The van der Waals surface area contributed by atoms with Crippen LogP contribution in [0.4, 0.5) is 0 Å². The number of aromatic nitrogens is 1. The summed E-state index contributed by atoms with van der Waals surface area (Å²) in [6, 6.07) is 0. The Morgan fingerprint density at radius 1 is 1.46 bits per heavy atom. The van der Waals surface area contributed by atoms with E-state index in [1.165, 1.54) is 12.8 Å². The first kappa shape index (κ1) is 9.49. The molecule has 1 saturated carbocycles. The summed E-state index contributed by atoms with van der Waals surface area (Å²) in [5.74, 6) is 0. The molecule has 0 radical (unpaired) electrons. The number of hydrogen-bond acceptors (Lipinski definition) is 4. The van der Waals surface area contributed by atoms with E-state index < -0.39 is 0 Å². The standard InChI is InChI=1S/C9H13NOS2/c11-7-3-1-2-4-8(7)13-9-10-5-6-12-9/h5-8,11H,1-4H2. The van der Waals surface area contributed by atoms with Crippen molar-refractivity contribution < 1.29 is 5.11 Å². The largest absolute Gasteiger partial charge is 0.392 e. The molecule has 2 unspecified atom stereocenters. The zero-order valence-electron chi connectivity index (χ0n) is 7.35. The summed E-state index contributed by atoms with van der Waals surface area (Å²) >= 11 is 3.40. The number of aliphatic hydroxyl groups is 1. The van der Waals surface area contributed by atoms with Crippen molar-refractivity contribution in [3.05, 3.63) is 11.6 Å². The highest BCUT2D eigenvalue weighted by molar-refractivity contribution is 8.01. The average molecular weight is 215 g/mol. The fourth-order valence-electron chi connectivity index (χ4n) is 1.61. The second kappa shape index (κ2) is 4.44. The molecule has 2 atom stereocenters. The summed E-state index contributed by atoms with van der Waals surface area (Å²) in [6.45, 7) is 0. The third kappa shape index (κ3) is 2.45. The fourth-order valence-corrected chi connectivity index (χ4v) is 3.69. The molecule has 13 heavy (non-hydrogen) atoms. The molecule has 0 bridgehead atoms. The molecule has 4 heteroatoms. The molecular formula is C9H13NOS2. The molecule has 0 saturated heterocycles. The number of nitrogens with zero attached hydrogens (tertiary/aromatic N) is 1. The monoisotopic (exact) mass is 215 g/mol. The Balaban J connectivity index is 1.93. The maximum atomic E-state index is 9.72. The normalized spacial score (nSPS) is 29.0. The summed E-state index contributed by atoms with van der Waals surface area (Å²) in [5.41, 5.74) is 0. The van der Waals surface area contributed by atoms with Gasteiger partial charge in [-0.15, -0.1) is 11.3 Å². The van der Waals surface area contributed by atoms with Gasteiger partial charge < -0.3 is 5.11 Å². The minimum absolute atomic E-state index is 0.123. The number of thiazole rings is 1. The van der Waals surface area contributed by atoms with E-state index in [1.54, 1.807) is 23.1 Å². The van der Waals surface area contributed by atoms with Gasteiger partial charge in [0.15, 0.2) is 0 Å². The minimum Gasteiger partial charge on any atom is -0.392 e. The van der Waals surface area contributed by atoms with Gasteiger partial charge in [-0.1, -0.05) is 24.6 Å². The Hall–Kier alpha value is -0.0600. The number of hydrogen-bond donors (Lipinski definition) is 1. The van der Waals surface area contributed by atoms with E-state index in [1.807, 2.05) is 11.6 Å². The van der Waals surface area contributed by atoms with Crippen LogP contribution < -0.4 is 0 Å². The molecule has 0 aromatic carbocycles. The summed E-state index contributed by atoms with van der Waals surface area (Å²) in [7, 11) is 0. The summed E-state index contributed by atoms with van der Waals surface area (Å²) in [6.07, 6.45) is 6.22. The Labute approximate surface area is 86.4 Å². The molecule has 0 aliphatic heterocycles. The summed E-state index contributed by atoms with van der Waals surface area (Å²) in [5, 5.41) is 12.1. The molecule has 1 aromatic heterocycles. The highest BCUT2D eigenvalue weighted by atomic mass is 32.2. The first-order valence-corrected chi connectivity index (χ1v) is 6.36. The van der Waals surface area contributed by atoms with Crippen molar-refractivity contribution in [1.82, 2.24) is 4.98 Å². The van der Waals surface area contributed by atoms with E-state index in [0.29, 0.717) is 5.25 Å². The van der Waals surface area contributed by atoms with Crippen LogP contribution in [0.5, 0.6) is 0 Å². The molecule has 1 N–H and O–H groups in total. The van der Waals surface area contributed by atoms with Crippen molar-refractivity contribution in [2.75, 3.05) is 0 Å². The van der Waals surface area contributed by atoms with Gasteiger partial charge in [0.1, 0.15) is 4.34 Å². The maximum Gasteiger partial charge on any atom is 0.150 e. The topological polar surface area (TPSA) is 33.1 Å². The van der Waals surface area contributed by atoms with Crippen LogP contribution in [0.1, 0.15) is 25.7 Å². The fraction of sp³-hybridized carbons (Fsp3) is 0.667. The zero-order chi connectivity index (χ0) is 9.10. The Bertz CT molecular complexity index is 250. The lowest BCUT2D eigenvalue weighted by molar-refractivity contribution is 0.137. The molecule has 0 spiro atoms. The Morgan fingerprint density at radius 2 is 2.31 bits per heavy atom. The minimum atomic E-state index is -0.123. The van der Waals surface area contributed by atoms with E-state index in [4.69, 9.17) is 0 Å². The van der Waals surface area contributed by atoms with Gasteiger partial charge in [0.2, 0.25) is 0 Å². The van der Waals surface area contributed by atoms with E-state index in [9.17, 15) is 5.11 Å². The number of aliphatic hydroxyl groups excluding tert-OH is 1. The third-order valence-electron chi connectivity index (χ3n) is 2.33. The van der Waals surface area contributed by atoms with Gasteiger partial charge in [0, 0.05) is 16.8 Å². The predicted octanol–water partition coefficient (Wildman–Crippen LogP) is 2.54. The van der Waals surface area contributed by atoms with Crippen LogP contribution in [-0.2, 0) is 0 Å². The van der Waals surface area contributed by atoms with E-state index in [2.05, 4.69) is 4.98 Å². The maximum absolute atomic E-state index is 9.72. The second-order valence-corrected chi connectivity index (χ2v) is 5.69. The first-order valence-electron chi connectivity index (χ1n) is 4.60. The smallest absolute Gasteiger partial charge is 0.150 e. The van der Waals surface area contributed by atoms with Gasteiger partial charge in [0.05, 0.1) is 6.10 Å². The molecule has 2 nitrogen and oxygen atoms in total. The lowest BCUT2D eigenvalue weighted by atomic mass is 9.97. The van der Waals surface area contributed by atoms with Gasteiger partial charge in [-0.25, -0.2) is 4.98 Å². The van der Waals surface area contributed by atoms with Crippen molar-refractivity contribution >= 4 is 23.1 Å². The van der Waals surface area contributed by atoms with Gasteiger partial charge >= 0.3 is 0 Å². The van der Waals surface area contributed by atoms with Gasteiger partial charge in [-0.3, -0.25) is 0 Å². The van der Waals surface area contributed by atoms with Crippen LogP contribution in [0, 0.1) is 0 Å². The highest BCUT2D eigenvalue weighted by Crippen LogP contribution is 2.34. The zero-order valence-corrected chi connectivity index (χ0v) is 8.98. The van der Waals surface area contributed by atoms with Gasteiger partial charge in [-0.05, 0) is 12.8 Å². The molecule has 0 amide bonds. The molecular weight excluding hydrogens is 202 g/mol. The van der Waals surface area contributed by atoms with E-state index in [-0.39, 0.29) is 6.10 Å². The van der Waals surface area contributed by atoms with Crippen molar-refractivity contribution in [1.29, 1.82) is 0 Å². The highest BCUT2D eigenvalue weighted by Gasteiger charge is 2.24. The number of thioether (sulfide) groups is 1. The summed E-state index contributed by atoms with van der Waals surface area (Å²) < 4.78 is 1.09. The quantitative estimate of drug-likeness (QED) is 0.823. The predicted molar refractivity (Wildman–Crippen MR) is 56.2 cm³/mol. The SMILES string of the molecule is OC1CCCCC1Sc1nccs1. The van der Waals surface area contributed by atoms with Crippen LogP contribution in [-0.4, -0.2) is 21.4 Å². The Kier molecular flexibility index (Phi) is 3.24. The van der Waals surface area contributed by atoms with Gasteiger partial charge in [-0.2, -0.15) is 0 Å². The molecule has 1 aliphatic carbocycles. The molecule has 1 fully saturated rings. The summed E-state index contributed by atoms with van der Waals surface area (Å²) in [4.78, 5) is 4.22. The second-order valence-electron chi connectivity index (χ2n) is 3.31. The van der Waals surface area contributed by atoms with Crippen LogP contribution in [0.15, 0.2) is 15.9 Å². The molecule has 1 aliphatic rings. The molecule has 72 valence electrons. The molecule has 2 rings (SSSR count). The Morgan fingerprint density at radius 3 is 3.00 bits per heavy atom. The first-order chi connectivity index (χ1) is 6.36. The van der Waals surface area contributed by atoms with Crippen molar-refractivity contribution in [2.45, 2.75) is 41.4 Å². The lowest BCUT2D eigenvalue weighted by Crippen LogP contribution is -2.26.